The predicted octanol–water partition coefficient (Wildman–Crippen LogP) is 0.951. The zero-order chi connectivity index (χ0) is 14.8. The predicted molar refractivity (Wildman–Crippen MR) is 78.2 cm³/mol. The SMILES string of the molecule is O=c1ccc([N+](=O)[O-])cn1C[NH+]1CCC[C@H]2CCCC[C@@H]21. The molecule has 0 aromatic carbocycles. The highest BCUT2D eigenvalue weighted by molar-refractivity contribution is 5.24. The zero-order valence-electron chi connectivity index (χ0n) is 12.2. The van der Waals surface area contributed by atoms with Crippen molar-refractivity contribution < 1.29 is 9.82 Å². The Bertz CT molecular complexity index is 582. The third-order valence-corrected chi connectivity index (χ3v) is 5.06. The summed E-state index contributed by atoms with van der Waals surface area (Å²) in [5, 5.41) is 10.9. The molecule has 3 atom stereocenters. The van der Waals surface area contributed by atoms with E-state index in [1.54, 1.807) is 0 Å². The van der Waals surface area contributed by atoms with Gasteiger partial charge >= 0.3 is 0 Å². The number of rotatable bonds is 3. The summed E-state index contributed by atoms with van der Waals surface area (Å²) in [6.45, 7) is 1.62. The Labute approximate surface area is 123 Å². The van der Waals surface area contributed by atoms with Crippen molar-refractivity contribution in [1.29, 1.82) is 0 Å². The number of likely N-dealkylation sites (tertiary alicyclic amines) is 1. The van der Waals surface area contributed by atoms with Gasteiger partial charge in [-0.3, -0.25) is 19.5 Å². The van der Waals surface area contributed by atoms with Gasteiger partial charge in [-0.15, -0.1) is 0 Å². The molecule has 1 saturated carbocycles. The first-order chi connectivity index (χ1) is 10.1. The summed E-state index contributed by atoms with van der Waals surface area (Å²) in [5.74, 6) is 0.775. The van der Waals surface area contributed by atoms with E-state index >= 15 is 0 Å². The Morgan fingerprint density at radius 3 is 2.81 bits per heavy atom. The molecule has 2 aliphatic rings. The van der Waals surface area contributed by atoms with Gasteiger partial charge in [-0.1, -0.05) is 6.42 Å². The molecule has 1 aliphatic carbocycles. The highest BCUT2D eigenvalue weighted by atomic mass is 16.6. The Balaban J connectivity index is 1.80. The molecule has 1 unspecified atom stereocenters. The van der Waals surface area contributed by atoms with Crippen LogP contribution in [0.25, 0.3) is 0 Å². The number of quaternary nitrogens is 1. The van der Waals surface area contributed by atoms with Crippen molar-refractivity contribution in [2.24, 2.45) is 5.92 Å². The van der Waals surface area contributed by atoms with Crippen LogP contribution in [-0.2, 0) is 6.67 Å². The molecule has 0 radical (unpaired) electrons. The smallest absolute Gasteiger partial charge is 0.285 e. The summed E-state index contributed by atoms with van der Waals surface area (Å²) in [6.07, 6.45) is 9.02. The van der Waals surface area contributed by atoms with Crippen molar-refractivity contribution in [3.63, 3.8) is 0 Å². The van der Waals surface area contributed by atoms with Crippen molar-refractivity contribution in [1.82, 2.24) is 4.57 Å². The summed E-state index contributed by atoms with van der Waals surface area (Å²) in [5.41, 5.74) is -0.155. The van der Waals surface area contributed by atoms with E-state index in [1.165, 1.54) is 66.3 Å². The lowest BCUT2D eigenvalue weighted by Gasteiger charge is -2.41. The number of hydrogen-bond acceptors (Lipinski definition) is 3. The Morgan fingerprint density at radius 1 is 1.24 bits per heavy atom. The lowest BCUT2D eigenvalue weighted by atomic mass is 9.78. The van der Waals surface area contributed by atoms with Gasteiger partial charge in [-0.05, 0) is 32.1 Å². The fourth-order valence-corrected chi connectivity index (χ4v) is 4.03. The maximum atomic E-state index is 12.0. The molecule has 2 fully saturated rings. The van der Waals surface area contributed by atoms with Crippen molar-refractivity contribution in [2.75, 3.05) is 6.54 Å². The second-order valence-electron chi connectivity index (χ2n) is 6.31. The number of aromatic nitrogens is 1. The van der Waals surface area contributed by atoms with Crippen molar-refractivity contribution in [3.05, 3.63) is 38.8 Å². The fourth-order valence-electron chi connectivity index (χ4n) is 4.03. The average Bonchev–Trinajstić information content (AvgIpc) is 2.49. The molecular formula is C15H22N3O3+. The van der Waals surface area contributed by atoms with Crippen LogP contribution in [0.15, 0.2) is 23.1 Å². The third-order valence-electron chi connectivity index (χ3n) is 5.06. The lowest BCUT2D eigenvalue weighted by Crippen LogP contribution is -3.17. The first kappa shape index (κ1) is 14.3. The molecule has 21 heavy (non-hydrogen) atoms. The van der Waals surface area contributed by atoms with Gasteiger partial charge in [0.25, 0.3) is 11.2 Å². The van der Waals surface area contributed by atoms with Gasteiger partial charge in [0.15, 0.2) is 6.67 Å². The molecule has 1 N–H and O–H groups in total. The van der Waals surface area contributed by atoms with Gasteiger partial charge in [0.2, 0.25) is 0 Å². The average molecular weight is 292 g/mol. The van der Waals surface area contributed by atoms with Gasteiger partial charge < -0.3 is 4.90 Å². The molecule has 1 aromatic rings. The molecule has 2 heterocycles. The minimum atomic E-state index is -0.440. The highest BCUT2D eigenvalue weighted by Gasteiger charge is 2.36. The lowest BCUT2D eigenvalue weighted by molar-refractivity contribution is -0.957. The second kappa shape index (κ2) is 5.97. The van der Waals surface area contributed by atoms with Crippen molar-refractivity contribution >= 4 is 5.69 Å². The highest BCUT2D eigenvalue weighted by Crippen LogP contribution is 2.28. The van der Waals surface area contributed by atoms with Crippen LogP contribution in [0, 0.1) is 16.0 Å². The van der Waals surface area contributed by atoms with E-state index in [0.717, 1.165) is 12.5 Å². The van der Waals surface area contributed by atoms with Crippen LogP contribution in [0.5, 0.6) is 0 Å². The number of pyridine rings is 1. The van der Waals surface area contributed by atoms with E-state index in [0.29, 0.717) is 12.7 Å². The molecule has 6 heteroatoms. The standard InChI is InChI=1S/C15H21N3O3/c19-15-8-7-13(18(20)21)10-17(15)11-16-9-3-5-12-4-1-2-6-14(12)16/h7-8,10,12,14H,1-6,9,11H2/p+1/t12-,14+/m1/s1. The van der Waals surface area contributed by atoms with E-state index in [2.05, 4.69) is 0 Å². The topological polar surface area (TPSA) is 69.6 Å². The number of nitro groups is 1. The van der Waals surface area contributed by atoms with Crippen LogP contribution in [0.1, 0.15) is 38.5 Å². The molecule has 114 valence electrons. The maximum absolute atomic E-state index is 12.0. The molecule has 6 nitrogen and oxygen atoms in total. The van der Waals surface area contributed by atoms with Gasteiger partial charge in [0.1, 0.15) is 0 Å². The maximum Gasteiger partial charge on any atom is 0.285 e. The zero-order valence-corrected chi connectivity index (χ0v) is 12.2. The third kappa shape index (κ3) is 3.00. The van der Waals surface area contributed by atoms with E-state index in [-0.39, 0.29) is 11.2 Å². The van der Waals surface area contributed by atoms with Crippen LogP contribution in [0.2, 0.25) is 0 Å². The first-order valence-corrected chi connectivity index (χ1v) is 7.84. The van der Waals surface area contributed by atoms with E-state index in [1.807, 2.05) is 0 Å². The Kier molecular flexibility index (Phi) is 4.05. The van der Waals surface area contributed by atoms with Crippen LogP contribution in [0.3, 0.4) is 0 Å². The normalized spacial score (nSPS) is 28.9. The number of hydrogen-bond donors (Lipinski definition) is 1. The summed E-state index contributed by atoms with van der Waals surface area (Å²) in [7, 11) is 0. The van der Waals surface area contributed by atoms with Crippen molar-refractivity contribution in [2.45, 2.75) is 51.2 Å². The van der Waals surface area contributed by atoms with Crippen LogP contribution in [-0.4, -0.2) is 22.1 Å². The van der Waals surface area contributed by atoms with Gasteiger partial charge in [-0.25, -0.2) is 0 Å². The minimum Gasteiger partial charge on any atom is -0.315 e. The first-order valence-electron chi connectivity index (χ1n) is 7.84. The molecule has 1 saturated heterocycles. The van der Waals surface area contributed by atoms with Gasteiger partial charge in [-0.2, -0.15) is 0 Å². The number of piperidine rings is 1. The van der Waals surface area contributed by atoms with E-state index < -0.39 is 4.92 Å². The van der Waals surface area contributed by atoms with Gasteiger partial charge in [0, 0.05) is 18.1 Å². The molecule has 0 amide bonds. The molecular weight excluding hydrogens is 270 g/mol. The second-order valence-corrected chi connectivity index (χ2v) is 6.31. The number of nitrogens with one attached hydrogen (secondary N) is 1. The van der Waals surface area contributed by atoms with E-state index in [9.17, 15) is 14.9 Å². The summed E-state index contributed by atoms with van der Waals surface area (Å²) in [4.78, 5) is 23.8. The van der Waals surface area contributed by atoms with Crippen LogP contribution < -0.4 is 10.5 Å². The quantitative estimate of drug-likeness (QED) is 0.666. The number of fused-ring (bicyclic) bond motifs is 1. The minimum absolute atomic E-state index is 0.00814. The molecule has 0 bridgehead atoms. The fraction of sp³-hybridized carbons (Fsp3) is 0.667. The van der Waals surface area contributed by atoms with Crippen LogP contribution in [0.4, 0.5) is 5.69 Å². The Hall–Kier alpha value is -1.69. The molecule has 1 aliphatic heterocycles. The largest absolute Gasteiger partial charge is 0.315 e. The van der Waals surface area contributed by atoms with Crippen molar-refractivity contribution in [3.8, 4) is 0 Å². The molecule has 3 rings (SSSR count). The van der Waals surface area contributed by atoms with E-state index in [4.69, 9.17) is 0 Å². The molecule has 1 aromatic heterocycles. The number of nitrogens with zero attached hydrogens (tertiary/aromatic N) is 2. The monoisotopic (exact) mass is 292 g/mol. The molecule has 0 spiro atoms. The van der Waals surface area contributed by atoms with Crippen LogP contribution >= 0.6 is 0 Å². The Morgan fingerprint density at radius 2 is 2.00 bits per heavy atom. The summed E-state index contributed by atoms with van der Waals surface area (Å²) in [6, 6.07) is 3.21. The van der Waals surface area contributed by atoms with Gasteiger partial charge in [0.05, 0.1) is 23.7 Å². The summed E-state index contributed by atoms with van der Waals surface area (Å²) < 4.78 is 1.52. The summed E-state index contributed by atoms with van der Waals surface area (Å²) >= 11 is 0.